The number of amides is 2. The van der Waals surface area contributed by atoms with E-state index in [4.69, 9.17) is 9.47 Å². The molecule has 0 N–H and O–H groups in total. The molecule has 3 rings (SSSR count). The molecular formula is C17H23F3N4O4. The van der Waals surface area contributed by atoms with Crippen molar-refractivity contribution in [3.63, 3.8) is 0 Å². The first-order chi connectivity index (χ1) is 13.0. The number of aromatic nitrogens is 2. The maximum Gasteiger partial charge on any atom is 0.402 e. The van der Waals surface area contributed by atoms with E-state index in [1.807, 2.05) is 0 Å². The molecule has 11 heteroatoms. The Hall–Kier alpha value is -2.14. The third-order valence-corrected chi connectivity index (χ3v) is 5.09. The zero-order valence-electron chi connectivity index (χ0n) is 16.0. The molecule has 0 aliphatic carbocycles. The van der Waals surface area contributed by atoms with E-state index in [-0.39, 0.29) is 38.8 Å². The molecule has 3 heterocycles. The molecule has 2 aliphatic heterocycles. The van der Waals surface area contributed by atoms with Crippen LogP contribution in [0.5, 0.6) is 0 Å². The van der Waals surface area contributed by atoms with E-state index < -0.39 is 23.3 Å². The van der Waals surface area contributed by atoms with Gasteiger partial charge in [-0.2, -0.15) is 18.3 Å². The number of hydrogen-bond acceptors (Lipinski definition) is 5. The minimum absolute atomic E-state index is 0.0109. The van der Waals surface area contributed by atoms with E-state index >= 15 is 0 Å². The molecule has 2 amide bonds. The second-order valence-electron chi connectivity index (χ2n) is 7.59. The highest BCUT2D eigenvalue weighted by Gasteiger charge is 2.56. The molecule has 1 unspecified atom stereocenters. The Labute approximate surface area is 160 Å². The van der Waals surface area contributed by atoms with Gasteiger partial charge in [0, 0.05) is 26.3 Å². The van der Waals surface area contributed by atoms with Gasteiger partial charge in [0.2, 0.25) is 11.7 Å². The summed E-state index contributed by atoms with van der Waals surface area (Å²) in [5, 5.41) is 3.97. The number of hydrogen-bond donors (Lipinski definition) is 0. The lowest BCUT2D eigenvalue weighted by atomic mass is 9.90. The summed E-state index contributed by atoms with van der Waals surface area (Å²) in [5.74, 6) is -2.66. The van der Waals surface area contributed by atoms with Crippen molar-refractivity contribution in [2.45, 2.75) is 25.8 Å². The molecule has 0 radical (unpaired) electrons. The Morgan fingerprint density at radius 2 is 1.68 bits per heavy atom. The van der Waals surface area contributed by atoms with Gasteiger partial charge in [-0.15, -0.1) is 0 Å². The number of alkyl halides is 3. The average molecular weight is 404 g/mol. The van der Waals surface area contributed by atoms with Crippen LogP contribution in [0, 0.1) is 5.41 Å². The maximum atomic E-state index is 13.3. The van der Waals surface area contributed by atoms with E-state index in [0.29, 0.717) is 12.1 Å². The molecule has 0 bridgehead atoms. The molecule has 0 saturated carbocycles. The van der Waals surface area contributed by atoms with E-state index in [0.717, 1.165) is 18.7 Å². The van der Waals surface area contributed by atoms with E-state index in [1.54, 1.807) is 13.2 Å². The minimum atomic E-state index is -4.68. The third-order valence-electron chi connectivity index (χ3n) is 5.09. The molecule has 1 aromatic heterocycles. The van der Waals surface area contributed by atoms with Crippen LogP contribution in [0.15, 0.2) is 12.4 Å². The van der Waals surface area contributed by atoms with Gasteiger partial charge in [-0.05, 0) is 13.8 Å². The molecule has 156 valence electrons. The second kappa shape index (κ2) is 7.03. The summed E-state index contributed by atoms with van der Waals surface area (Å²) in [7, 11) is 1.69. The first-order valence-corrected chi connectivity index (χ1v) is 8.87. The fourth-order valence-corrected chi connectivity index (χ4v) is 3.28. The summed E-state index contributed by atoms with van der Waals surface area (Å²) in [4.78, 5) is 27.8. The number of ether oxygens (including phenoxy) is 2. The summed E-state index contributed by atoms with van der Waals surface area (Å²) < 4.78 is 52.7. The van der Waals surface area contributed by atoms with Crippen LogP contribution in [0.4, 0.5) is 13.2 Å². The van der Waals surface area contributed by atoms with Crippen LogP contribution in [0.1, 0.15) is 24.2 Å². The van der Waals surface area contributed by atoms with Crippen LogP contribution in [-0.2, 0) is 21.3 Å². The van der Waals surface area contributed by atoms with Gasteiger partial charge in [0.25, 0.3) is 5.91 Å². The number of carbonyl (C=O) groups is 2. The fraction of sp³-hybridized carbons (Fsp3) is 0.706. The van der Waals surface area contributed by atoms with Gasteiger partial charge in [-0.3, -0.25) is 14.3 Å². The van der Waals surface area contributed by atoms with Crippen molar-refractivity contribution in [1.82, 2.24) is 19.6 Å². The maximum absolute atomic E-state index is 13.3. The normalized spacial score (nSPS) is 23.9. The monoisotopic (exact) mass is 404 g/mol. The SMILES string of the molecule is Cn1cc(C(=O)N2CCOC3(C2)CN(C(=O)C(C)(C)C(F)(F)F)CCO3)cn1. The smallest absolute Gasteiger partial charge is 0.345 e. The van der Waals surface area contributed by atoms with Crippen molar-refractivity contribution in [2.24, 2.45) is 12.5 Å². The quantitative estimate of drug-likeness (QED) is 0.736. The summed E-state index contributed by atoms with van der Waals surface area (Å²) in [6.07, 6.45) is -1.66. The molecule has 1 atom stereocenters. The highest BCUT2D eigenvalue weighted by atomic mass is 19.4. The molecule has 1 spiro atoms. The number of morpholine rings is 2. The van der Waals surface area contributed by atoms with Crippen molar-refractivity contribution < 1.29 is 32.2 Å². The largest absolute Gasteiger partial charge is 0.402 e. The molecule has 28 heavy (non-hydrogen) atoms. The van der Waals surface area contributed by atoms with E-state index in [2.05, 4.69) is 5.10 Å². The lowest BCUT2D eigenvalue weighted by Crippen LogP contribution is -2.65. The number of aryl methyl sites for hydroxylation is 1. The van der Waals surface area contributed by atoms with Gasteiger partial charge in [-0.25, -0.2) is 0 Å². The molecule has 2 aliphatic rings. The highest BCUT2D eigenvalue weighted by Crippen LogP contribution is 2.40. The molecule has 2 fully saturated rings. The Balaban J connectivity index is 1.75. The zero-order valence-corrected chi connectivity index (χ0v) is 16.0. The molecule has 0 aromatic carbocycles. The molecule has 2 saturated heterocycles. The second-order valence-corrected chi connectivity index (χ2v) is 7.59. The minimum Gasteiger partial charge on any atom is -0.345 e. The molecule has 8 nitrogen and oxygen atoms in total. The Morgan fingerprint density at radius 3 is 2.21 bits per heavy atom. The van der Waals surface area contributed by atoms with Gasteiger partial charge in [0.15, 0.2) is 0 Å². The zero-order chi connectivity index (χ0) is 20.7. The van der Waals surface area contributed by atoms with Gasteiger partial charge >= 0.3 is 6.18 Å². The first kappa shape index (κ1) is 20.6. The van der Waals surface area contributed by atoms with Crippen LogP contribution in [0.3, 0.4) is 0 Å². The fourth-order valence-electron chi connectivity index (χ4n) is 3.28. The Kier molecular flexibility index (Phi) is 5.17. The van der Waals surface area contributed by atoms with Crippen LogP contribution < -0.4 is 0 Å². The third kappa shape index (κ3) is 3.72. The number of halogens is 3. The topological polar surface area (TPSA) is 76.9 Å². The lowest BCUT2D eigenvalue weighted by molar-refractivity contribution is -0.288. The number of nitrogens with zero attached hydrogens (tertiary/aromatic N) is 4. The lowest BCUT2D eigenvalue weighted by Gasteiger charge is -2.48. The number of rotatable bonds is 2. The standard InChI is InChI=1S/C17H23F3N4O4/c1-15(2,17(18,19)20)14(26)24-5-7-28-16(11-24)10-23(4-6-27-16)13(25)12-8-21-22(3)9-12/h8-9H,4-7,10-11H2,1-3H3. The molecular weight excluding hydrogens is 381 g/mol. The van der Waals surface area contributed by atoms with Crippen molar-refractivity contribution >= 4 is 11.8 Å². The summed E-state index contributed by atoms with van der Waals surface area (Å²) in [6, 6.07) is 0. The van der Waals surface area contributed by atoms with Crippen LogP contribution >= 0.6 is 0 Å². The van der Waals surface area contributed by atoms with Crippen LogP contribution in [-0.4, -0.2) is 82.8 Å². The Bertz CT molecular complexity index is 760. The van der Waals surface area contributed by atoms with Crippen molar-refractivity contribution in [1.29, 1.82) is 0 Å². The number of carbonyl (C=O) groups excluding carboxylic acids is 2. The molecule has 1 aromatic rings. The predicted octanol–water partition coefficient (Wildman–Crippen LogP) is 1.04. The van der Waals surface area contributed by atoms with E-state index in [9.17, 15) is 22.8 Å². The van der Waals surface area contributed by atoms with Gasteiger partial charge in [0.1, 0.15) is 5.41 Å². The van der Waals surface area contributed by atoms with Crippen molar-refractivity contribution in [3.05, 3.63) is 18.0 Å². The average Bonchev–Trinajstić information content (AvgIpc) is 3.06. The van der Waals surface area contributed by atoms with Crippen molar-refractivity contribution in [3.8, 4) is 0 Å². The van der Waals surface area contributed by atoms with Crippen LogP contribution in [0.25, 0.3) is 0 Å². The predicted molar refractivity (Wildman–Crippen MR) is 90.2 cm³/mol. The highest BCUT2D eigenvalue weighted by molar-refractivity contribution is 5.93. The summed E-state index contributed by atoms with van der Waals surface area (Å²) >= 11 is 0. The first-order valence-electron chi connectivity index (χ1n) is 8.87. The van der Waals surface area contributed by atoms with Crippen molar-refractivity contribution in [2.75, 3.05) is 39.4 Å². The van der Waals surface area contributed by atoms with Crippen LogP contribution in [0.2, 0.25) is 0 Å². The van der Waals surface area contributed by atoms with Gasteiger partial charge in [-0.1, -0.05) is 0 Å². The van der Waals surface area contributed by atoms with E-state index in [1.165, 1.54) is 15.8 Å². The van der Waals surface area contributed by atoms with Gasteiger partial charge in [0.05, 0.1) is 38.1 Å². The summed E-state index contributed by atoms with van der Waals surface area (Å²) in [6.45, 7) is 2.06. The summed E-state index contributed by atoms with van der Waals surface area (Å²) in [5.41, 5.74) is -2.13. The Morgan fingerprint density at radius 1 is 1.11 bits per heavy atom. The van der Waals surface area contributed by atoms with Gasteiger partial charge < -0.3 is 19.3 Å².